The Balaban J connectivity index is 4.45. The smallest absolute Gasteiger partial charge is 0.306 e. The predicted octanol–water partition coefficient (Wildman–Crippen LogP) is 17.6. The van der Waals surface area contributed by atoms with Crippen molar-refractivity contribution in [3.8, 4) is 0 Å². The van der Waals surface area contributed by atoms with E-state index in [0.29, 0.717) is 19.3 Å². The van der Waals surface area contributed by atoms with Crippen LogP contribution >= 0.6 is 0 Å². The summed E-state index contributed by atoms with van der Waals surface area (Å²) in [5.74, 6) is -0.939. The second kappa shape index (κ2) is 52.2. The third-order valence-corrected chi connectivity index (χ3v) is 11.1. The van der Waals surface area contributed by atoms with Gasteiger partial charge in [-0.05, 0) is 96.3 Å². The van der Waals surface area contributed by atoms with E-state index >= 15 is 0 Å². The van der Waals surface area contributed by atoms with Crippen LogP contribution in [0.15, 0.2) is 85.1 Å². The molecular weight excluding hydrogens is 793 g/mol. The van der Waals surface area contributed by atoms with Crippen LogP contribution in [0.3, 0.4) is 0 Å². The Labute approximate surface area is 395 Å². The Bertz CT molecular complexity index is 1250. The zero-order chi connectivity index (χ0) is 46.5. The van der Waals surface area contributed by atoms with Crippen LogP contribution < -0.4 is 0 Å². The molecule has 0 aliphatic carbocycles. The number of hydrogen-bond donors (Lipinski definition) is 0. The molecule has 0 aliphatic rings. The molecule has 0 rings (SSSR count). The normalized spacial score (nSPS) is 12.7. The van der Waals surface area contributed by atoms with Gasteiger partial charge in [-0.2, -0.15) is 0 Å². The van der Waals surface area contributed by atoms with Gasteiger partial charge in [0.05, 0.1) is 0 Å². The highest BCUT2D eigenvalue weighted by Crippen LogP contribution is 2.14. The molecule has 1 unspecified atom stereocenters. The molecule has 0 bridgehead atoms. The molecule has 0 saturated heterocycles. The van der Waals surface area contributed by atoms with E-state index in [1.165, 1.54) is 83.5 Å². The number of carbonyl (C=O) groups excluding carboxylic acids is 3. The Morgan fingerprint density at radius 3 is 0.984 bits per heavy atom. The maximum Gasteiger partial charge on any atom is 0.306 e. The topological polar surface area (TPSA) is 78.9 Å². The van der Waals surface area contributed by atoms with Gasteiger partial charge in [0, 0.05) is 19.3 Å². The van der Waals surface area contributed by atoms with E-state index in [1.807, 2.05) is 0 Å². The lowest BCUT2D eigenvalue weighted by Gasteiger charge is -2.18. The van der Waals surface area contributed by atoms with Crippen molar-refractivity contribution < 1.29 is 28.6 Å². The Kier molecular flexibility index (Phi) is 49.4. The molecule has 0 aromatic carbocycles. The lowest BCUT2D eigenvalue weighted by atomic mass is 10.1. The Morgan fingerprint density at radius 1 is 0.328 bits per heavy atom. The molecular formula is C58H98O6. The summed E-state index contributed by atoms with van der Waals surface area (Å²) < 4.78 is 16.8. The minimum atomic E-state index is -0.796. The molecule has 6 nitrogen and oxygen atoms in total. The first-order chi connectivity index (χ1) is 31.5. The van der Waals surface area contributed by atoms with Gasteiger partial charge in [-0.25, -0.2) is 0 Å². The third-order valence-electron chi connectivity index (χ3n) is 11.1. The molecule has 0 aromatic heterocycles. The minimum Gasteiger partial charge on any atom is -0.462 e. The summed E-state index contributed by atoms with van der Waals surface area (Å²) in [4.78, 5) is 38.0. The minimum absolute atomic E-state index is 0.0919. The van der Waals surface area contributed by atoms with E-state index in [2.05, 4.69) is 106 Å². The highest BCUT2D eigenvalue weighted by Gasteiger charge is 2.19. The second-order valence-corrected chi connectivity index (χ2v) is 17.4. The molecule has 64 heavy (non-hydrogen) atoms. The number of unbranched alkanes of at least 4 members (excludes halogenated alkanes) is 22. The number of allylic oxidation sites excluding steroid dienone is 14. The van der Waals surface area contributed by atoms with Crippen LogP contribution in [0.4, 0.5) is 0 Å². The van der Waals surface area contributed by atoms with Gasteiger partial charge in [0.2, 0.25) is 0 Å². The highest BCUT2D eigenvalue weighted by molar-refractivity contribution is 5.71. The lowest BCUT2D eigenvalue weighted by Crippen LogP contribution is -2.30. The fourth-order valence-corrected chi connectivity index (χ4v) is 7.15. The first-order valence-corrected chi connectivity index (χ1v) is 26.6. The molecule has 0 radical (unpaired) electrons. The van der Waals surface area contributed by atoms with Gasteiger partial charge in [-0.3, -0.25) is 14.4 Å². The number of hydrogen-bond acceptors (Lipinski definition) is 6. The van der Waals surface area contributed by atoms with Gasteiger partial charge < -0.3 is 14.2 Å². The molecule has 366 valence electrons. The molecule has 0 aliphatic heterocycles. The summed E-state index contributed by atoms with van der Waals surface area (Å²) in [5.41, 5.74) is 0. The van der Waals surface area contributed by atoms with E-state index in [-0.39, 0.29) is 31.1 Å². The summed E-state index contributed by atoms with van der Waals surface area (Å²) in [6.45, 7) is 6.46. The Morgan fingerprint density at radius 2 is 0.609 bits per heavy atom. The molecule has 0 saturated carbocycles. The summed E-state index contributed by atoms with van der Waals surface area (Å²) >= 11 is 0. The average molecular weight is 891 g/mol. The Hall–Kier alpha value is -3.41. The van der Waals surface area contributed by atoms with Crippen molar-refractivity contribution in [2.75, 3.05) is 13.2 Å². The maximum absolute atomic E-state index is 12.8. The second-order valence-electron chi connectivity index (χ2n) is 17.4. The standard InChI is InChI=1S/C58H98O6/c1-4-7-10-13-16-19-22-24-26-28-29-30-32-33-36-39-42-45-48-51-57(60)63-54-55(53-62-56(59)50-47-44-41-38-35-21-18-15-12-9-6-3)64-58(61)52-49-46-43-40-37-34-31-27-25-23-20-17-14-11-8-5-2/h7,10,16,19-20,23-24,26-27,29-31,33,36,55H,4-6,8-9,11-15,17-18,21-22,25,28,32,34-35,37-54H2,1-3H3/b10-7-,19-16-,23-20-,26-24-,30-29-,31-27-,36-33-. The fraction of sp³-hybridized carbons (Fsp3) is 0.707. The highest BCUT2D eigenvalue weighted by atomic mass is 16.6. The van der Waals surface area contributed by atoms with Crippen molar-refractivity contribution in [3.63, 3.8) is 0 Å². The van der Waals surface area contributed by atoms with Crippen LogP contribution in [-0.2, 0) is 28.6 Å². The molecule has 0 fully saturated rings. The van der Waals surface area contributed by atoms with Gasteiger partial charge in [0.25, 0.3) is 0 Å². The quantitative estimate of drug-likeness (QED) is 0.0262. The summed E-state index contributed by atoms with van der Waals surface area (Å²) in [6.07, 6.45) is 67.1. The van der Waals surface area contributed by atoms with Gasteiger partial charge in [0.1, 0.15) is 13.2 Å². The van der Waals surface area contributed by atoms with E-state index < -0.39 is 6.10 Å². The number of esters is 3. The van der Waals surface area contributed by atoms with Crippen LogP contribution in [0, 0.1) is 0 Å². The van der Waals surface area contributed by atoms with Crippen LogP contribution in [0.25, 0.3) is 0 Å². The van der Waals surface area contributed by atoms with E-state index in [4.69, 9.17) is 14.2 Å². The number of rotatable bonds is 47. The van der Waals surface area contributed by atoms with Crippen LogP contribution in [-0.4, -0.2) is 37.2 Å². The summed E-state index contributed by atoms with van der Waals surface area (Å²) in [5, 5.41) is 0. The number of ether oxygens (including phenoxy) is 3. The molecule has 0 N–H and O–H groups in total. The van der Waals surface area contributed by atoms with Crippen LogP contribution in [0.5, 0.6) is 0 Å². The molecule has 0 aromatic rings. The van der Waals surface area contributed by atoms with Crippen molar-refractivity contribution in [3.05, 3.63) is 85.1 Å². The van der Waals surface area contributed by atoms with Crippen molar-refractivity contribution in [1.82, 2.24) is 0 Å². The molecule has 6 heteroatoms. The summed E-state index contributed by atoms with van der Waals surface area (Å²) in [7, 11) is 0. The van der Waals surface area contributed by atoms with Crippen molar-refractivity contribution in [2.45, 2.75) is 252 Å². The van der Waals surface area contributed by atoms with Crippen molar-refractivity contribution in [1.29, 1.82) is 0 Å². The number of carbonyl (C=O) groups is 3. The zero-order valence-corrected chi connectivity index (χ0v) is 41.8. The van der Waals surface area contributed by atoms with Crippen molar-refractivity contribution >= 4 is 17.9 Å². The maximum atomic E-state index is 12.8. The average Bonchev–Trinajstić information content (AvgIpc) is 3.29. The van der Waals surface area contributed by atoms with Crippen LogP contribution in [0.2, 0.25) is 0 Å². The monoisotopic (exact) mass is 891 g/mol. The summed E-state index contributed by atoms with van der Waals surface area (Å²) in [6, 6.07) is 0. The molecule has 0 amide bonds. The van der Waals surface area contributed by atoms with E-state index in [0.717, 1.165) is 122 Å². The van der Waals surface area contributed by atoms with Crippen molar-refractivity contribution in [2.24, 2.45) is 0 Å². The zero-order valence-electron chi connectivity index (χ0n) is 41.8. The molecule has 0 spiro atoms. The predicted molar refractivity (Wildman–Crippen MR) is 274 cm³/mol. The van der Waals surface area contributed by atoms with Gasteiger partial charge >= 0.3 is 17.9 Å². The van der Waals surface area contributed by atoms with Crippen LogP contribution in [0.1, 0.15) is 245 Å². The largest absolute Gasteiger partial charge is 0.462 e. The van der Waals surface area contributed by atoms with E-state index in [1.54, 1.807) is 0 Å². The molecule has 1 atom stereocenters. The lowest BCUT2D eigenvalue weighted by molar-refractivity contribution is -0.167. The first-order valence-electron chi connectivity index (χ1n) is 26.6. The van der Waals surface area contributed by atoms with E-state index in [9.17, 15) is 14.4 Å². The molecule has 0 heterocycles. The fourth-order valence-electron chi connectivity index (χ4n) is 7.15. The third kappa shape index (κ3) is 49.6. The first kappa shape index (κ1) is 60.6. The van der Waals surface area contributed by atoms with Gasteiger partial charge in [-0.1, -0.05) is 215 Å². The van der Waals surface area contributed by atoms with Gasteiger partial charge in [-0.15, -0.1) is 0 Å². The SMILES string of the molecule is CC/C=C\C/C=C\C/C=C\C/C=C\C/C=C\CCCCCC(=O)OCC(COC(=O)CCCCCCCCCCCCC)OC(=O)CCCCCCC/C=C\C/C=C\CCCCCC. The van der Waals surface area contributed by atoms with Gasteiger partial charge in [0.15, 0.2) is 6.10 Å².